The minimum absolute atomic E-state index is 0.159. The van der Waals surface area contributed by atoms with Crippen molar-refractivity contribution < 1.29 is 9.18 Å². The third-order valence-corrected chi connectivity index (χ3v) is 2.59. The molecule has 1 aromatic rings. The molecule has 1 heterocycles. The lowest BCUT2D eigenvalue weighted by atomic mass is 10.2. The van der Waals surface area contributed by atoms with E-state index in [-0.39, 0.29) is 5.91 Å². The van der Waals surface area contributed by atoms with Crippen LogP contribution in [-0.2, 0) is 4.79 Å². The zero-order chi connectivity index (χ0) is 12.1. The van der Waals surface area contributed by atoms with Crippen molar-refractivity contribution in [3.8, 4) is 0 Å². The number of hydrogen-bond acceptors (Lipinski definition) is 2. The van der Waals surface area contributed by atoms with Crippen LogP contribution in [0.15, 0.2) is 42.5 Å². The molecule has 0 bridgehead atoms. The predicted molar refractivity (Wildman–Crippen MR) is 65.5 cm³/mol. The number of amides is 1. The van der Waals surface area contributed by atoms with Crippen molar-refractivity contribution in [2.75, 3.05) is 25.0 Å². The molecule has 1 aliphatic heterocycles. The van der Waals surface area contributed by atoms with Gasteiger partial charge in [-0.15, -0.1) is 0 Å². The van der Waals surface area contributed by atoms with Crippen molar-refractivity contribution in [2.45, 2.75) is 6.17 Å². The molecule has 3 nitrogen and oxygen atoms in total. The molecule has 17 heavy (non-hydrogen) atoms. The Labute approximate surface area is 99.9 Å². The molecule has 1 aliphatic rings. The van der Waals surface area contributed by atoms with E-state index in [1.807, 2.05) is 35.2 Å². The summed E-state index contributed by atoms with van der Waals surface area (Å²) < 4.78 is 12.5. The highest BCUT2D eigenvalue weighted by molar-refractivity contribution is 5.99. The smallest absolute Gasteiger partial charge is 0.248 e. The van der Waals surface area contributed by atoms with Crippen molar-refractivity contribution in [2.24, 2.45) is 0 Å². The fraction of sp³-hybridized carbons (Fsp3) is 0.308. The molecular weight excluding hydrogens is 219 g/mol. The number of hydrogen-bond donors (Lipinski definition) is 1. The quantitative estimate of drug-likeness (QED) is 0.806. The number of carbonyl (C=O) groups is 1. The van der Waals surface area contributed by atoms with Crippen LogP contribution >= 0.6 is 0 Å². The lowest BCUT2D eigenvalue weighted by molar-refractivity contribution is -0.111. The molecule has 1 amide bonds. The minimum Gasteiger partial charge on any atom is -0.323 e. The van der Waals surface area contributed by atoms with Gasteiger partial charge in [0.1, 0.15) is 6.17 Å². The van der Waals surface area contributed by atoms with Crippen LogP contribution < -0.4 is 5.32 Å². The summed E-state index contributed by atoms with van der Waals surface area (Å²) in [6.07, 6.45) is 2.55. The van der Waals surface area contributed by atoms with Crippen LogP contribution in [0.3, 0.4) is 0 Å². The number of nitrogens with one attached hydrogen (secondary N) is 1. The molecule has 1 fully saturated rings. The monoisotopic (exact) mass is 234 g/mol. The van der Waals surface area contributed by atoms with Gasteiger partial charge in [-0.25, -0.2) is 4.39 Å². The van der Waals surface area contributed by atoms with E-state index < -0.39 is 6.17 Å². The Bertz CT molecular complexity index is 399. The Morgan fingerprint density at radius 3 is 2.76 bits per heavy atom. The van der Waals surface area contributed by atoms with E-state index in [0.29, 0.717) is 19.6 Å². The van der Waals surface area contributed by atoms with Gasteiger partial charge in [0.2, 0.25) is 5.91 Å². The zero-order valence-electron chi connectivity index (χ0n) is 9.47. The van der Waals surface area contributed by atoms with E-state index >= 15 is 0 Å². The van der Waals surface area contributed by atoms with Crippen LogP contribution in [0.1, 0.15) is 0 Å². The summed E-state index contributed by atoms with van der Waals surface area (Å²) in [6, 6.07) is 9.27. The normalized spacial score (nSPS) is 17.0. The van der Waals surface area contributed by atoms with Crippen LogP contribution in [-0.4, -0.2) is 36.6 Å². The first-order valence-electron chi connectivity index (χ1n) is 5.63. The van der Waals surface area contributed by atoms with Gasteiger partial charge in [-0.1, -0.05) is 24.3 Å². The molecule has 0 aromatic heterocycles. The van der Waals surface area contributed by atoms with E-state index in [1.54, 1.807) is 6.08 Å². The summed E-state index contributed by atoms with van der Waals surface area (Å²) in [6.45, 7) is 1.58. The molecule has 0 aliphatic carbocycles. The highest BCUT2D eigenvalue weighted by Crippen LogP contribution is 2.10. The van der Waals surface area contributed by atoms with Crippen molar-refractivity contribution in [3.05, 3.63) is 42.5 Å². The molecule has 90 valence electrons. The second-order valence-corrected chi connectivity index (χ2v) is 4.07. The van der Waals surface area contributed by atoms with Crippen molar-refractivity contribution >= 4 is 11.6 Å². The summed E-state index contributed by atoms with van der Waals surface area (Å²) in [4.78, 5) is 13.4. The molecular formula is C13H15FN2O. The van der Waals surface area contributed by atoms with Gasteiger partial charge in [-0.2, -0.15) is 0 Å². The van der Waals surface area contributed by atoms with Crippen LogP contribution in [0.2, 0.25) is 0 Å². The van der Waals surface area contributed by atoms with Gasteiger partial charge < -0.3 is 5.32 Å². The van der Waals surface area contributed by atoms with Gasteiger partial charge in [-0.3, -0.25) is 9.69 Å². The zero-order valence-corrected chi connectivity index (χ0v) is 9.47. The number of anilines is 1. The first kappa shape index (κ1) is 11.8. The number of carbonyl (C=O) groups excluding carboxylic acids is 1. The van der Waals surface area contributed by atoms with Gasteiger partial charge in [0.25, 0.3) is 0 Å². The number of nitrogens with zero attached hydrogens (tertiary/aromatic N) is 1. The summed E-state index contributed by atoms with van der Waals surface area (Å²) in [5.74, 6) is -0.159. The van der Waals surface area contributed by atoms with Gasteiger partial charge in [-0.05, 0) is 12.1 Å². The second-order valence-electron chi connectivity index (χ2n) is 4.07. The lowest BCUT2D eigenvalue weighted by Crippen LogP contribution is -2.48. The largest absolute Gasteiger partial charge is 0.323 e. The van der Waals surface area contributed by atoms with Crippen molar-refractivity contribution in [1.82, 2.24) is 4.90 Å². The number of alkyl halides is 1. The molecule has 0 spiro atoms. The Kier molecular flexibility index (Phi) is 3.88. The summed E-state index contributed by atoms with van der Waals surface area (Å²) in [5.41, 5.74) is 0.773. The molecule has 0 radical (unpaired) electrons. The standard InChI is InChI=1S/C13H15FN2O/c14-11-9-16(10-11)8-4-7-13(17)15-12-5-2-1-3-6-12/h1-7,11H,8-10H2,(H,15,17)/b7-4+. The number of likely N-dealkylation sites (tertiary alicyclic amines) is 1. The van der Waals surface area contributed by atoms with Crippen LogP contribution in [0.25, 0.3) is 0 Å². The van der Waals surface area contributed by atoms with Gasteiger partial charge in [0, 0.05) is 31.4 Å². The lowest BCUT2D eigenvalue weighted by Gasteiger charge is -2.33. The van der Waals surface area contributed by atoms with Crippen molar-refractivity contribution in [3.63, 3.8) is 0 Å². The van der Waals surface area contributed by atoms with E-state index in [1.165, 1.54) is 6.08 Å². The van der Waals surface area contributed by atoms with E-state index in [4.69, 9.17) is 0 Å². The molecule has 0 unspecified atom stereocenters. The Morgan fingerprint density at radius 1 is 1.41 bits per heavy atom. The summed E-state index contributed by atoms with van der Waals surface area (Å²) >= 11 is 0. The summed E-state index contributed by atoms with van der Waals surface area (Å²) in [5, 5.41) is 2.74. The van der Waals surface area contributed by atoms with E-state index in [2.05, 4.69) is 5.32 Å². The molecule has 1 aromatic carbocycles. The Balaban J connectivity index is 1.72. The Morgan fingerprint density at radius 2 is 2.12 bits per heavy atom. The molecule has 4 heteroatoms. The topological polar surface area (TPSA) is 32.3 Å². The molecule has 0 saturated carbocycles. The highest BCUT2D eigenvalue weighted by atomic mass is 19.1. The Hall–Kier alpha value is -1.68. The number of halogens is 1. The molecule has 1 saturated heterocycles. The summed E-state index contributed by atoms with van der Waals surface area (Å²) in [7, 11) is 0. The predicted octanol–water partition coefficient (Wildman–Crippen LogP) is 1.83. The first-order chi connectivity index (χ1) is 8.24. The van der Waals surface area contributed by atoms with Gasteiger partial charge in [0.05, 0.1) is 0 Å². The van der Waals surface area contributed by atoms with Crippen LogP contribution in [0.4, 0.5) is 10.1 Å². The number of rotatable bonds is 4. The van der Waals surface area contributed by atoms with Crippen LogP contribution in [0, 0.1) is 0 Å². The fourth-order valence-electron chi connectivity index (χ4n) is 1.67. The number of benzene rings is 1. The molecule has 2 rings (SSSR count). The SMILES string of the molecule is O=C(/C=C/CN1CC(F)C1)Nc1ccccc1. The van der Waals surface area contributed by atoms with E-state index in [9.17, 15) is 9.18 Å². The third kappa shape index (κ3) is 3.67. The van der Waals surface area contributed by atoms with Crippen molar-refractivity contribution in [1.29, 1.82) is 0 Å². The minimum atomic E-state index is -0.693. The van der Waals surface area contributed by atoms with Crippen LogP contribution in [0.5, 0.6) is 0 Å². The maximum Gasteiger partial charge on any atom is 0.248 e. The van der Waals surface area contributed by atoms with Gasteiger partial charge >= 0.3 is 0 Å². The average Bonchev–Trinajstić information content (AvgIpc) is 2.28. The maximum atomic E-state index is 12.5. The average molecular weight is 234 g/mol. The number of para-hydroxylation sites is 1. The highest BCUT2D eigenvalue weighted by Gasteiger charge is 2.24. The maximum absolute atomic E-state index is 12.5. The van der Waals surface area contributed by atoms with Gasteiger partial charge in [0.15, 0.2) is 0 Å². The first-order valence-corrected chi connectivity index (χ1v) is 5.63. The fourth-order valence-corrected chi connectivity index (χ4v) is 1.67. The molecule has 1 N–H and O–H groups in total. The third-order valence-electron chi connectivity index (χ3n) is 2.59. The second kappa shape index (κ2) is 5.59. The van der Waals surface area contributed by atoms with E-state index in [0.717, 1.165) is 5.69 Å². The molecule has 0 atom stereocenters.